The predicted molar refractivity (Wildman–Crippen MR) is 58.1 cm³/mol. The Morgan fingerprint density at radius 3 is 2.86 bits per heavy atom. The number of anilines is 1. The van der Waals surface area contributed by atoms with Gasteiger partial charge in [0.25, 0.3) is 0 Å². The molecule has 3 nitrogen and oxygen atoms in total. The molecule has 0 N–H and O–H groups in total. The molecule has 0 unspecified atom stereocenters. The number of aldehydes is 1. The van der Waals surface area contributed by atoms with Crippen molar-refractivity contribution in [3.05, 3.63) is 11.1 Å². The van der Waals surface area contributed by atoms with Gasteiger partial charge in [0.05, 0.1) is 11.1 Å². The lowest BCUT2D eigenvalue weighted by atomic mass is 10.00. The van der Waals surface area contributed by atoms with Gasteiger partial charge in [0.15, 0.2) is 11.4 Å². The van der Waals surface area contributed by atoms with E-state index in [2.05, 4.69) is 16.8 Å². The molecular weight excluding hydrogens is 196 g/mol. The molecule has 0 radical (unpaired) electrons. The number of nitrogens with zero attached hydrogens (tertiary/aromatic N) is 2. The van der Waals surface area contributed by atoms with Gasteiger partial charge in [-0.3, -0.25) is 4.79 Å². The van der Waals surface area contributed by atoms with Crippen molar-refractivity contribution in [2.24, 2.45) is 5.92 Å². The Labute approximate surface area is 87.8 Å². The van der Waals surface area contributed by atoms with E-state index >= 15 is 0 Å². The van der Waals surface area contributed by atoms with Gasteiger partial charge in [0, 0.05) is 13.1 Å². The van der Waals surface area contributed by atoms with Gasteiger partial charge in [-0.1, -0.05) is 18.3 Å². The molecule has 14 heavy (non-hydrogen) atoms. The van der Waals surface area contributed by atoms with Crippen LogP contribution in [0, 0.1) is 5.92 Å². The third-order valence-corrected chi connectivity index (χ3v) is 3.67. The summed E-state index contributed by atoms with van der Waals surface area (Å²) in [7, 11) is 0. The van der Waals surface area contributed by atoms with Crippen molar-refractivity contribution < 1.29 is 4.79 Å². The zero-order valence-electron chi connectivity index (χ0n) is 8.27. The van der Waals surface area contributed by atoms with Crippen molar-refractivity contribution in [3.8, 4) is 0 Å². The standard InChI is InChI=1S/C10H14N2OS/c1-8-2-4-12(5-3-8)10-11-6-9(7-13)14-10/h6-8H,2-5H2,1H3. The van der Waals surface area contributed by atoms with Crippen molar-refractivity contribution in [1.82, 2.24) is 4.98 Å². The number of thiazole rings is 1. The molecule has 1 saturated heterocycles. The van der Waals surface area contributed by atoms with Gasteiger partial charge in [-0.15, -0.1) is 0 Å². The quantitative estimate of drug-likeness (QED) is 0.701. The van der Waals surface area contributed by atoms with Crippen molar-refractivity contribution in [1.29, 1.82) is 0 Å². The summed E-state index contributed by atoms with van der Waals surface area (Å²) in [6, 6.07) is 0. The van der Waals surface area contributed by atoms with Crippen LogP contribution in [0.4, 0.5) is 5.13 Å². The summed E-state index contributed by atoms with van der Waals surface area (Å²) in [6.45, 7) is 4.44. The van der Waals surface area contributed by atoms with E-state index in [1.54, 1.807) is 6.20 Å². The fourth-order valence-electron chi connectivity index (χ4n) is 1.68. The molecular formula is C10H14N2OS. The van der Waals surface area contributed by atoms with Crippen LogP contribution in [0.2, 0.25) is 0 Å². The molecule has 2 rings (SSSR count). The van der Waals surface area contributed by atoms with Gasteiger partial charge in [0.2, 0.25) is 0 Å². The number of hydrogen-bond acceptors (Lipinski definition) is 4. The summed E-state index contributed by atoms with van der Waals surface area (Å²) in [6.07, 6.45) is 4.99. The van der Waals surface area contributed by atoms with Gasteiger partial charge in [0.1, 0.15) is 0 Å². The second kappa shape index (κ2) is 4.09. The van der Waals surface area contributed by atoms with Gasteiger partial charge in [-0.25, -0.2) is 4.98 Å². The lowest BCUT2D eigenvalue weighted by Gasteiger charge is -2.29. The van der Waals surface area contributed by atoms with E-state index in [1.165, 1.54) is 24.2 Å². The predicted octanol–water partition coefficient (Wildman–Crippen LogP) is 2.19. The average Bonchev–Trinajstić information content (AvgIpc) is 2.67. The van der Waals surface area contributed by atoms with E-state index in [4.69, 9.17) is 0 Å². The molecule has 0 aliphatic carbocycles. The van der Waals surface area contributed by atoms with Crippen molar-refractivity contribution >= 4 is 22.8 Å². The Balaban J connectivity index is 2.04. The molecule has 2 heterocycles. The highest BCUT2D eigenvalue weighted by Gasteiger charge is 2.18. The van der Waals surface area contributed by atoms with Crippen LogP contribution in [0.5, 0.6) is 0 Å². The Hall–Kier alpha value is -0.900. The maximum absolute atomic E-state index is 10.5. The molecule has 0 atom stereocenters. The van der Waals surface area contributed by atoms with Crippen molar-refractivity contribution in [2.45, 2.75) is 19.8 Å². The van der Waals surface area contributed by atoms with Gasteiger partial charge < -0.3 is 4.90 Å². The van der Waals surface area contributed by atoms with Crippen LogP contribution in [0.1, 0.15) is 29.4 Å². The van der Waals surface area contributed by atoms with Crippen LogP contribution in [0.25, 0.3) is 0 Å². The summed E-state index contributed by atoms with van der Waals surface area (Å²) in [5.74, 6) is 0.830. The number of hydrogen-bond donors (Lipinski definition) is 0. The van der Waals surface area contributed by atoms with Crippen LogP contribution in [-0.4, -0.2) is 24.4 Å². The minimum atomic E-state index is 0.721. The molecule has 0 bridgehead atoms. The first-order chi connectivity index (χ1) is 6.79. The average molecular weight is 210 g/mol. The maximum atomic E-state index is 10.5. The SMILES string of the molecule is CC1CCN(c2ncc(C=O)s2)CC1. The minimum Gasteiger partial charge on any atom is -0.348 e. The normalized spacial score (nSPS) is 18.5. The lowest BCUT2D eigenvalue weighted by Crippen LogP contribution is -2.32. The monoisotopic (exact) mass is 210 g/mol. The molecule has 1 aliphatic rings. The van der Waals surface area contributed by atoms with E-state index in [0.29, 0.717) is 0 Å². The van der Waals surface area contributed by atoms with Gasteiger partial charge in [-0.05, 0) is 18.8 Å². The van der Waals surface area contributed by atoms with E-state index in [9.17, 15) is 4.79 Å². The third kappa shape index (κ3) is 1.95. The zero-order chi connectivity index (χ0) is 9.97. The lowest BCUT2D eigenvalue weighted by molar-refractivity contribution is 0.112. The zero-order valence-corrected chi connectivity index (χ0v) is 9.09. The topological polar surface area (TPSA) is 33.2 Å². The van der Waals surface area contributed by atoms with E-state index in [1.807, 2.05) is 0 Å². The molecule has 1 aromatic rings. The summed E-state index contributed by atoms with van der Waals surface area (Å²) >= 11 is 1.49. The Bertz CT molecular complexity index is 316. The molecule has 1 fully saturated rings. The fraction of sp³-hybridized carbons (Fsp3) is 0.600. The van der Waals surface area contributed by atoms with Crippen LogP contribution >= 0.6 is 11.3 Å². The number of carbonyl (C=O) groups is 1. The van der Waals surface area contributed by atoms with Crippen LogP contribution in [-0.2, 0) is 0 Å². The fourth-order valence-corrected chi connectivity index (χ4v) is 2.46. The van der Waals surface area contributed by atoms with Gasteiger partial charge >= 0.3 is 0 Å². The summed E-state index contributed by atoms with van der Waals surface area (Å²) in [5.41, 5.74) is 0. The minimum absolute atomic E-state index is 0.721. The molecule has 76 valence electrons. The molecule has 0 saturated carbocycles. The first-order valence-corrected chi connectivity index (χ1v) is 5.77. The van der Waals surface area contributed by atoms with Crippen LogP contribution < -0.4 is 4.90 Å². The maximum Gasteiger partial charge on any atom is 0.185 e. The molecule has 0 amide bonds. The second-order valence-corrected chi connectivity index (χ2v) is 4.87. The highest BCUT2D eigenvalue weighted by Crippen LogP contribution is 2.26. The number of piperidine rings is 1. The number of rotatable bonds is 2. The number of aromatic nitrogens is 1. The summed E-state index contributed by atoms with van der Waals surface area (Å²) < 4.78 is 0. The summed E-state index contributed by atoms with van der Waals surface area (Å²) in [4.78, 5) is 17.8. The highest BCUT2D eigenvalue weighted by atomic mass is 32.1. The Kier molecular flexibility index (Phi) is 2.82. The molecule has 0 aromatic carbocycles. The van der Waals surface area contributed by atoms with Crippen molar-refractivity contribution in [3.63, 3.8) is 0 Å². The molecule has 1 aliphatic heterocycles. The second-order valence-electron chi connectivity index (χ2n) is 3.83. The van der Waals surface area contributed by atoms with Crippen LogP contribution in [0.3, 0.4) is 0 Å². The highest BCUT2D eigenvalue weighted by molar-refractivity contribution is 7.17. The smallest absolute Gasteiger partial charge is 0.185 e. The van der Waals surface area contributed by atoms with E-state index in [0.717, 1.165) is 35.3 Å². The van der Waals surface area contributed by atoms with Gasteiger partial charge in [-0.2, -0.15) is 0 Å². The number of carbonyl (C=O) groups excluding carboxylic acids is 1. The largest absolute Gasteiger partial charge is 0.348 e. The van der Waals surface area contributed by atoms with Crippen LogP contribution in [0.15, 0.2) is 6.20 Å². The molecule has 4 heteroatoms. The Morgan fingerprint density at radius 2 is 2.29 bits per heavy atom. The van der Waals surface area contributed by atoms with Crippen molar-refractivity contribution in [2.75, 3.05) is 18.0 Å². The Morgan fingerprint density at radius 1 is 1.57 bits per heavy atom. The first-order valence-electron chi connectivity index (χ1n) is 4.95. The van der Waals surface area contributed by atoms with E-state index in [-0.39, 0.29) is 0 Å². The first kappa shape index (κ1) is 9.65. The van der Waals surface area contributed by atoms with E-state index < -0.39 is 0 Å². The molecule has 0 spiro atoms. The molecule has 1 aromatic heterocycles. The summed E-state index contributed by atoms with van der Waals surface area (Å²) in [5, 5.41) is 0.999. The third-order valence-electron chi connectivity index (χ3n) is 2.68.